The molecule has 1 unspecified atom stereocenters. The van der Waals surface area contributed by atoms with Crippen molar-refractivity contribution in [1.29, 1.82) is 0 Å². The molecule has 0 radical (unpaired) electrons. The number of hydrogen-bond acceptors (Lipinski definition) is 0. The fraction of sp³-hybridized carbons (Fsp3) is 1.00. The zero-order valence-electron chi connectivity index (χ0n) is 5.56. The highest BCUT2D eigenvalue weighted by Gasteiger charge is 2.38. The van der Waals surface area contributed by atoms with Crippen molar-refractivity contribution in [2.24, 2.45) is 5.92 Å². The van der Waals surface area contributed by atoms with Crippen molar-refractivity contribution in [2.75, 3.05) is 0 Å². The summed E-state index contributed by atoms with van der Waals surface area (Å²) in [5.41, 5.74) is 0. The van der Waals surface area contributed by atoms with Crippen molar-refractivity contribution in [3.8, 4) is 0 Å². The fourth-order valence-corrected chi connectivity index (χ4v) is 1.51. The van der Waals surface area contributed by atoms with E-state index in [9.17, 15) is 0 Å². The summed E-state index contributed by atoms with van der Waals surface area (Å²) in [5.74, 6) is 3.42. The summed E-state index contributed by atoms with van der Waals surface area (Å²) in [6.45, 7) is 2.38. The van der Waals surface area contributed by atoms with Crippen LogP contribution in [0.15, 0.2) is 0 Å². The van der Waals surface area contributed by atoms with E-state index >= 15 is 0 Å². The van der Waals surface area contributed by atoms with Crippen LogP contribution in [0.3, 0.4) is 0 Å². The Morgan fingerprint density at radius 3 is 2.38 bits per heavy atom. The summed E-state index contributed by atoms with van der Waals surface area (Å²) in [6.07, 6.45) is 4.63. The van der Waals surface area contributed by atoms with Crippen LogP contribution in [0.1, 0.15) is 26.2 Å². The van der Waals surface area contributed by atoms with Crippen molar-refractivity contribution >= 4 is 7.28 Å². The molecule has 0 N–H and O–H groups in total. The topological polar surface area (TPSA) is 0 Å². The maximum Gasteiger partial charge on any atom is 0.127 e. The second-order valence-electron chi connectivity index (χ2n) is 3.65. The van der Waals surface area contributed by atoms with E-state index in [-0.39, 0.29) is 0 Å². The highest BCUT2D eigenvalue weighted by molar-refractivity contribution is 6.42. The maximum absolute atomic E-state index is 2.38. The first kappa shape index (κ1) is 4.90. The van der Waals surface area contributed by atoms with E-state index in [4.69, 9.17) is 0 Å². The molecule has 2 saturated carbocycles. The van der Waals surface area contributed by atoms with Crippen LogP contribution in [0.5, 0.6) is 0 Å². The summed E-state index contributed by atoms with van der Waals surface area (Å²) in [5, 5.41) is 0. The van der Waals surface area contributed by atoms with Gasteiger partial charge >= 0.3 is 0 Å². The fourth-order valence-electron chi connectivity index (χ4n) is 1.51. The number of hydrogen-bond donors (Lipinski definition) is 0. The molecular formula is C7H13B. The van der Waals surface area contributed by atoms with Crippen LogP contribution < -0.4 is 0 Å². The summed E-state index contributed by atoms with van der Waals surface area (Å²) in [6, 6.07) is 0. The second-order valence-corrected chi connectivity index (χ2v) is 3.65. The molecular weight excluding hydrogens is 94.9 g/mol. The molecule has 2 aliphatic rings. The van der Waals surface area contributed by atoms with Gasteiger partial charge in [-0.1, -0.05) is 37.8 Å². The summed E-state index contributed by atoms with van der Waals surface area (Å²) < 4.78 is 0. The van der Waals surface area contributed by atoms with Crippen molar-refractivity contribution in [1.82, 2.24) is 0 Å². The van der Waals surface area contributed by atoms with Gasteiger partial charge in [0.1, 0.15) is 7.28 Å². The van der Waals surface area contributed by atoms with Gasteiger partial charge in [0, 0.05) is 0 Å². The van der Waals surface area contributed by atoms with Gasteiger partial charge < -0.3 is 0 Å². The van der Waals surface area contributed by atoms with Gasteiger partial charge in [-0.15, -0.1) is 0 Å². The summed E-state index contributed by atoms with van der Waals surface area (Å²) in [7, 11) is 1.57. The van der Waals surface area contributed by atoms with E-state index in [0.29, 0.717) is 0 Å². The van der Waals surface area contributed by atoms with E-state index in [1.165, 1.54) is 12.2 Å². The monoisotopic (exact) mass is 108 g/mol. The summed E-state index contributed by atoms with van der Waals surface area (Å²) in [4.78, 5) is 0. The molecule has 8 heavy (non-hydrogen) atoms. The second kappa shape index (κ2) is 1.52. The van der Waals surface area contributed by atoms with Crippen LogP contribution in [0.4, 0.5) is 0 Å². The normalized spacial score (nSPS) is 44.1. The lowest BCUT2D eigenvalue weighted by Crippen LogP contribution is -1.86. The highest BCUT2D eigenvalue weighted by atomic mass is 14.3. The quantitative estimate of drug-likeness (QED) is 0.473. The van der Waals surface area contributed by atoms with Crippen LogP contribution in [0.2, 0.25) is 11.6 Å². The van der Waals surface area contributed by atoms with Gasteiger partial charge in [-0.3, -0.25) is 0 Å². The van der Waals surface area contributed by atoms with Crippen LogP contribution in [-0.4, -0.2) is 7.28 Å². The SMILES string of the molecule is CC1C[C@@H]1BC1CC1. The molecule has 0 saturated heterocycles. The molecule has 0 nitrogen and oxygen atoms in total. The molecule has 0 heterocycles. The Bertz CT molecular complexity index is 96.6. The largest absolute Gasteiger partial charge is 0.127 e. The first-order valence-corrected chi connectivity index (χ1v) is 3.86. The Morgan fingerprint density at radius 1 is 1.38 bits per heavy atom. The molecule has 2 fully saturated rings. The van der Waals surface area contributed by atoms with Crippen LogP contribution in [0.25, 0.3) is 0 Å². The van der Waals surface area contributed by atoms with Gasteiger partial charge in [0.2, 0.25) is 0 Å². The molecule has 0 aromatic carbocycles. The smallest absolute Gasteiger partial charge is 0.0654 e. The molecule has 0 aromatic rings. The Kier molecular flexibility index (Phi) is 0.932. The Morgan fingerprint density at radius 2 is 2.00 bits per heavy atom. The van der Waals surface area contributed by atoms with Crippen molar-refractivity contribution in [2.45, 2.75) is 37.8 Å². The Labute approximate surface area is 51.9 Å². The highest BCUT2D eigenvalue weighted by Crippen LogP contribution is 2.50. The molecule has 2 rings (SSSR count). The van der Waals surface area contributed by atoms with Crippen molar-refractivity contribution in [3.05, 3.63) is 0 Å². The zero-order valence-corrected chi connectivity index (χ0v) is 5.56. The first-order valence-electron chi connectivity index (χ1n) is 3.86. The third-order valence-corrected chi connectivity index (χ3v) is 2.61. The first-order chi connectivity index (χ1) is 3.86. The van der Waals surface area contributed by atoms with Gasteiger partial charge in [-0.2, -0.15) is 0 Å². The molecule has 0 aliphatic heterocycles. The molecule has 2 aliphatic carbocycles. The standard InChI is InChI=1S/C7H13B/c1-5-4-7(5)8-6-2-3-6/h5-8H,2-4H2,1H3/t5?,7-/m0/s1. The minimum absolute atomic E-state index is 1.09. The number of rotatable bonds is 2. The van der Waals surface area contributed by atoms with Gasteiger partial charge in [-0.25, -0.2) is 0 Å². The molecule has 0 bridgehead atoms. The van der Waals surface area contributed by atoms with Gasteiger partial charge in [0.15, 0.2) is 0 Å². The average molecular weight is 108 g/mol. The Balaban J connectivity index is 1.69. The van der Waals surface area contributed by atoms with E-state index in [2.05, 4.69) is 6.92 Å². The van der Waals surface area contributed by atoms with E-state index in [0.717, 1.165) is 11.7 Å². The van der Waals surface area contributed by atoms with Crippen LogP contribution in [0, 0.1) is 5.92 Å². The van der Waals surface area contributed by atoms with E-state index in [1.807, 2.05) is 0 Å². The third-order valence-electron chi connectivity index (χ3n) is 2.61. The Hall–Kier alpha value is 0.0649. The molecule has 0 aromatic heterocycles. The predicted molar refractivity (Wildman–Crippen MR) is 37.7 cm³/mol. The molecule has 0 amide bonds. The van der Waals surface area contributed by atoms with Crippen molar-refractivity contribution < 1.29 is 0 Å². The third kappa shape index (κ3) is 0.912. The van der Waals surface area contributed by atoms with Crippen molar-refractivity contribution in [3.63, 3.8) is 0 Å². The van der Waals surface area contributed by atoms with Gasteiger partial charge in [0.25, 0.3) is 0 Å². The molecule has 1 heteroatoms. The van der Waals surface area contributed by atoms with Crippen LogP contribution >= 0.6 is 0 Å². The van der Waals surface area contributed by atoms with Gasteiger partial charge in [-0.05, 0) is 5.92 Å². The lowest BCUT2D eigenvalue weighted by atomic mass is 9.66. The van der Waals surface area contributed by atoms with E-state index in [1.54, 1.807) is 20.1 Å². The summed E-state index contributed by atoms with van der Waals surface area (Å²) >= 11 is 0. The molecule has 0 spiro atoms. The molecule has 44 valence electrons. The maximum atomic E-state index is 2.38. The zero-order chi connectivity index (χ0) is 5.56. The van der Waals surface area contributed by atoms with Gasteiger partial charge in [0.05, 0.1) is 0 Å². The minimum atomic E-state index is 1.09. The predicted octanol–water partition coefficient (Wildman–Crippen LogP) is 1.83. The van der Waals surface area contributed by atoms with E-state index < -0.39 is 0 Å². The van der Waals surface area contributed by atoms with Crippen LogP contribution in [-0.2, 0) is 0 Å². The average Bonchev–Trinajstić information content (AvgIpc) is 2.52. The minimum Gasteiger partial charge on any atom is -0.0654 e. The molecule has 2 atom stereocenters. The lowest BCUT2D eigenvalue weighted by molar-refractivity contribution is 0.975. The lowest BCUT2D eigenvalue weighted by Gasteiger charge is -1.85.